The average molecular weight is 287 g/mol. The molecule has 1 aliphatic rings. The first-order valence-corrected chi connectivity index (χ1v) is 7.55. The van der Waals surface area contributed by atoms with Crippen molar-refractivity contribution in [1.29, 1.82) is 0 Å². The summed E-state index contributed by atoms with van der Waals surface area (Å²) in [5.41, 5.74) is 0. The molecule has 0 unspecified atom stereocenters. The smallest absolute Gasteiger partial charge is 0.222 e. The summed E-state index contributed by atoms with van der Waals surface area (Å²) in [7, 11) is 0. The quantitative estimate of drug-likeness (QED) is 0.841. The molecule has 1 amide bonds. The third-order valence-electron chi connectivity index (χ3n) is 4.03. The number of likely N-dealkylation sites (tertiary alicyclic amines) is 1. The number of piperidine rings is 1. The zero-order valence-electron chi connectivity index (χ0n) is 12.1. The standard InChI is InChI=1S/C15H21N5O/c21-15(5-2-9-20-10-3-6-17-20)18-8-1-4-14(12-18)19-11-7-16-13-19/h3,6-7,10-11,13-14H,1-2,4-5,8-9,12H2/t14-/m1/s1. The number of aryl methyl sites for hydroxylation is 1. The number of hydrogen-bond donors (Lipinski definition) is 0. The van der Waals surface area contributed by atoms with E-state index in [0.717, 1.165) is 38.9 Å². The van der Waals surface area contributed by atoms with Crippen LogP contribution in [0.5, 0.6) is 0 Å². The fourth-order valence-corrected chi connectivity index (χ4v) is 2.89. The zero-order chi connectivity index (χ0) is 14.5. The molecule has 21 heavy (non-hydrogen) atoms. The van der Waals surface area contributed by atoms with Crippen LogP contribution in [0.4, 0.5) is 0 Å². The largest absolute Gasteiger partial charge is 0.341 e. The van der Waals surface area contributed by atoms with Crippen molar-refractivity contribution in [1.82, 2.24) is 24.2 Å². The van der Waals surface area contributed by atoms with Gasteiger partial charge in [-0.3, -0.25) is 9.48 Å². The van der Waals surface area contributed by atoms with E-state index in [2.05, 4.69) is 14.6 Å². The van der Waals surface area contributed by atoms with E-state index < -0.39 is 0 Å². The molecule has 1 atom stereocenters. The van der Waals surface area contributed by atoms with Gasteiger partial charge in [0.05, 0.1) is 12.4 Å². The number of carbonyl (C=O) groups is 1. The maximum atomic E-state index is 12.3. The first kappa shape index (κ1) is 13.9. The summed E-state index contributed by atoms with van der Waals surface area (Å²) in [6, 6.07) is 2.28. The maximum absolute atomic E-state index is 12.3. The summed E-state index contributed by atoms with van der Waals surface area (Å²) in [4.78, 5) is 18.4. The van der Waals surface area contributed by atoms with Crippen LogP contribution >= 0.6 is 0 Å². The van der Waals surface area contributed by atoms with Crippen LogP contribution in [0.3, 0.4) is 0 Å². The Balaban J connectivity index is 1.48. The fourth-order valence-electron chi connectivity index (χ4n) is 2.89. The highest BCUT2D eigenvalue weighted by molar-refractivity contribution is 5.76. The number of imidazole rings is 1. The first-order chi connectivity index (χ1) is 10.3. The molecule has 3 rings (SSSR count). The summed E-state index contributed by atoms with van der Waals surface area (Å²) < 4.78 is 3.99. The van der Waals surface area contributed by atoms with E-state index in [4.69, 9.17) is 0 Å². The number of hydrogen-bond acceptors (Lipinski definition) is 3. The third kappa shape index (κ3) is 3.51. The van der Waals surface area contributed by atoms with Crippen LogP contribution < -0.4 is 0 Å². The van der Waals surface area contributed by atoms with Gasteiger partial charge in [0, 0.05) is 50.8 Å². The number of carbonyl (C=O) groups excluding carboxylic acids is 1. The van der Waals surface area contributed by atoms with E-state index in [1.807, 2.05) is 34.4 Å². The lowest BCUT2D eigenvalue weighted by Crippen LogP contribution is -2.40. The monoisotopic (exact) mass is 287 g/mol. The van der Waals surface area contributed by atoms with E-state index in [1.54, 1.807) is 12.4 Å². The summed E-state index contributed by atoms with van der Waals surface area (Å²) in [5, 5.41) is 4.15. The molecule has 2 aromatic rings. The summed E-state index contributed by atoms with van der Waals surface area (Å²) in [6.07, 6.45) is 12.9. The van der Waals surface area contributed by atoms with E-state index in [9.17, 15) is 4.79 Å². The van der Waals surface area contributed by atoms with Gasteiger partial charge in [-0.2, -0.15) is 5.10 Å². The Kier molecular flexibility index (Phi) is 4.33. The van der Waals surface area contributed by atoms with Crippen molar-refractivity contribution in [2.24, 2.45) is 0 Å². The molecule has 1 aliphatic heterocycles. The average Bonchev–Trinajstić information content (AvgIpc) is 3.21. The normalized spacial score (nSPS) is 18.9. The number of nitrogens with zero attached hydrogens (tertiary/aromatic N) is 5. The van der Waals surface area contributed by atoms with Crippen molar-refractivity contribution >= 4 is 5.91 Å². The predicted octanol–water partition coefficient (Wildman–Crippen LogP) is 1.72. The van der Waals surface area contributed by atoms with Crippen LogP contribution in [0.25, 0.3) is 0 Å². The Morgan fingerprint density at radius 1 is 1.29 bits per heavy atom. The highest BCUT2D eigenvalue weighted by atomic mass is 16.2. The molecular formula is C15H21N5O. The lowest BCUT2D eigenvalue weighted by Gasteiger charge is -2.33. The second-order valence-electron chi connectivity index (χ2n) is 5.52. The van der Waals surface area contributed by atoms with Gasteiger partial charge in [0.15, 0.2) is 0 Å². The second kappa shape index (κ2) is 6.56. The van der Waals surface area contributed by atoms with Crippen LogP contribution in [0.1, 0.15) is 31.7 Å². The molecule has 0 aromatic carbocycles. The van der Waals surface area contributed by atoms with Gasteiger partial charge >= 0.3 is 0 Å². The molecule has 112 valence electrons. The van der Waals surface area contributed by atoms with E-state index in [1.165, 1.54) is 0 Å². The van der Waals surface area contributed by atoms with Crippen molar-refractivity contribution < 1.29 is 4.79 Å². The van der Waals surface area contributed by atoms with Crippen LogP contribution in [-0.2, 0) is 11.3 Å². The highest BCUT2D eigenvalue weighted by Gasteiger charge is 2.23. The fraction of sp³-hybridized carbons (Fsp3) is 0.533. The summed E-state index contributed by atoms with van der Waals surface area (Å²) in [5.74, 6) is 0.256. The Bertz CT molecular complexity index is 549. The minimum atomic E-state index is 0.256. The Labute approximate surface area is 124 Å². The first-order valence-electron chi connectivity index (χ1n) is 7.55. The SMILES string of the molecule is O=C(CCCn1cccn1)N1CCC[C@@H](n2ccnc2)C1. The van der Waals surface area contributed by atoms with E-state index in [-0.39, 0.29) is 5.91 Å². The number of amides is 1. The van der Waals surface area contributed by atoms with Crippen molar-refractivity contribution in [2.75, 3.05) is 13.1 Å². The van der Waals surface area contributed by atoms with Crippen LogP contribution in [0, 0.1) is 0 Å². The number of rotatable bonds is 5. The van der Waals surface area contributed by atoms with Gasteiger partial charge in [-0.15, -0.1) is 0 Å². The van der Waals surface area contributed by atoms with Gasteiger partial charge in [0.1, 0.15) is 0 Å². The minimum Gasteiger partial charge on any atom is -0.341 e. The lowest BCUT2D eigenvalue weighted by molar-refractivity contribution is -0.133. The molecule has 2 aromatic heterocycles. The van der Waals surface area contributed by atoms with Gasteiger partial charge in [-0.25, -0.2) is 4.98 Å². The lowest BCUT2D eigenvalue weighted by atomic mass is 10.0. The molecule has 0 aliphatic carbocycles. The Morgan fingerprint density at radius 3 is 3.00 bits per heavy atom. The molecule has 1 fully saturated rings. The molecule has 3 heterocycles. The number of aromatic nitrogens is 4. The summed E-state index contributed by atoms with van der Waals surface area (Å²) in [6.45, 7) is 2.49. The molecule has 0 bridgehead atoms. The molecule has 0 radical (unpaired) electrons. The molecule has 1 saturated heterocycles. The van der Waals surface area contributed by atoms with Gasteiger partial charge in [-0.1, -0.05) is 0 Å². The predicted molar refractivity (Wildman–Crippen MR) is 78.5 cm³/mol. The molecule has 6 nitrogen and oxygen atoms in total. The van der Waals surface area contributed by atoms with Crippen LogP contribution in [-0.4, -0.2) is 43.2 Å². The topological polar surface area (TPSA) is 56.0 Å². The van der Waals surface area contributed by atoms with E-state index >= 15 is 0 Å². The maximum Gasteiger partial charge on any atom is 0.222 e. The molecule has 0 N–H and O–H groups in total. The highest BCUT2D eigenvalue weighted by Crippen LogP contribution is 2.21. The molecule has 0 saturated carbocycles. The van der Waals surface area contributed by atoms with Gasteiger partial charge in [0.2, 0.25) is 5.91 Å². The molecule has 0 spiro atoms. The van der Waals surface area contributed by atoms with Crippen molar-refractivity contribution in [2.45, 2.75) is 38.3 Å². The third-order valence-corrected chi connectivity index (χ3v) is 4.03. The summed E-state index contributed by atoms with van der Waals surface area (Å²) >= 11 is 0. The minimum absolute atomic E-state index is 0.256. The second-order valence-corrected chi connectivity index (χ2v) is 5.52. The molecular weight excluding hydrogens is 266 g/mol. The Hall–Kier alpha value is -2.11. The van der Waals surface area contributed by atoms with Gasteiger partial charge in [0.25, 0.3) is 0 Å². The van der Waals surface area contributed by atoms with Crippen molar-refractivity contribution in [3.63, 3.8) is 0 Å². The van der Waals surface area contributed by atoms with Crippen molar-refractivity contribution in [3.8, 4) is 0 Å². The van der Waals surface area contributed by atoms with Crippen LogP contribution in [0.15, 0.2) is 37.2 Å². The zero-order valence-corrected chi connectivity index (χ0v) is 12.1. The Morgan fingerprint density at radius 2 is 2.24 bits per heavy atom. The van der Waals surface area contributed by atoms with Gasteiger partial charge in [-0.05, 0) is 25.3 Å². The van der Waals surface area contributed by atoms with E-state index in [0.29, 0.717) is 12.5 Å². The van der Waals surface area contributed by atoms with Crippen molar-refractivity contribution in [3.05, 3.63) is 37.2 Å². The van der Waals surface area contributed by atoms with Crippen LogP contribution in [0.2, 0.25) is 0 Å². The molecule has 6 heteroatoms. The van der Waals surface area contributed by atoms with Gasteiger partial charge < -0.3 is 9.47 Å².